The van der Waals surface area contributed by atoms with E-state index in [2.05, 4.69) is 24.3 Å². The number of amides is 1. The standard InChI is InChI=1S/C22H19Cl2NO2/c23-19-6-3-7-20(24)21(19)22(26)25-12-10-17(11-13-25)27-18-9-8-15-4-1-2-5-16(15)14-18/h1-9,14,17H,10-13H2. The lowest BCUT2D eigenvalue weighted by molar-refractivity contribution is 0.0596. The Bertz CT molecular complexity index is 961. The van der Waals surface area contributed by atoms with Gasteiger partial charge in [0.05, 0.1) is 15.6 Å². The van der Waals surface area contributed by atoms with E-state index in [0.717, 1.165) is 24.0 Å². The van der Waals surface area contributed by atoms with Gasteiger partial charge in [-0.15, -0.1) is 0 Å². The van der Waals surface area contributed by atoms with Gasteiger partial charge in [0, 0.05) is 25.9 Å². The molecule has 0 aliphatic carbocycles. The number of hydrogen-bond donors (Lipinski definition) is 0. The molecule has 1 saturated heterocycles. The molecule has 1 amide bonds. The number of hydrogen-bond acceptors (Lipinski definition) is 2. The Hall–Kier alpha value is -2.23. The first-order valence-corrected chi connectivity index (χ1v) is 9.76. The maximum atomic E-state index is 12.8. The van der Waals surface area contributed by atoms with Crippen molar-refractivity contribution < 1.29 is 9.53 Å². The van der Waals surface area contributed by atoms with Crippen LogP contribution >= 0.6 is 23.2 Å². The van der Waals surface area contributed by atoms with Crippen LogP contribution < -0.4 is 4.74 Å². The van der Waals surface area contributed by atoms with Crippen molar-refractivity contribution in [1.29, 1.82) is 0 Å². The number of halogens is 2. The van der Waals surface area contributed by atoms with Crippen molar-refractivity contribution in [2.75, 3.05) is 13.1 Å². The average molecular weight is 400 g/mol. The molecular weight excluding hydrogens is 381 g/mol. The zero-order valence-corrected chi connectivity index (χ0v) is 16.2. The van der Waals surface area contributed by atoms with E-state index in [4.69, 9.17) is 27.9 Å². The second-order valence-electron chi connectivity index (χ2n) is 6.72. The van der Waals surface area contributed by atoms with Crippen molar-refractivity contribution in [3.8, 4) is 5.75 Å². The van der Waals surface area contributed by atoms with Crippen LogP contribution in [0, 0.1) is 0 Å². The van der Waals surface area contributed by atoms with E-state index in [9.17, 15) is 4.79 Å². The fourth-order valence-corrected chi connectivity index (χ4v) is 4.03. The molecule has 1 fully saturated rings. The largest absolute Gasteiger partial charge is 0.490 e. The van der Waals surface area contributed by atoms with E-state index in [1.165, 1.54) is 5.39 Å². The maximum absolute atomic E-state index is 12.8. The predicted molar refractivity (Wildman–Crippen MR) is 110 cm³/mol. The third-order valence-electron chi connectivity index (χ3n) is 4.93. The van der Waals surface area contributed by atoms with Crippen molar-refractivity contribution in [1.82, 2.24) is 4.90 Å². The van der Waals surface area contributed by atoms with Gasteiger partial charge in [-0.2, -0.15) is 0 Å². The van der Waals surface area contributed by atoms with Gasteiger partial charge in [-0.3, -0.25) is 4.79 Å². The van der Waals surface area contributed by atoms with Crippen LogP contribution in [0.15, 0.2) is 60.7 Å². The van der Waals surface area contributed by atoms with Gasteiger partial charge >= 0.3 is 0 Å². The molecule has 0 unspecified atom stereocenters. The summed E-state index contributed by atoms with van der Waals surface area (Å²) in [6.07, 6.45) is 1.65. The summed E-state index contributed by atoms with van der Waals surface area (Å²) in [6.45, 7) is 1.25. The Kier molecular flexibility index (Phi) is 5.24. The first-order chi connectivity index (χ1) is 13.1. The van der Waals surface area contributed by atoms with Crippen LogP contribution in [0.4, 0.5) is 0 Å². The first-order valence-electron chi connectivity index (χ1n) is 9.00. The van der Waals surface area contributed by atoms with Crippen LogP contribution in [-0.2, 0) is 0 Å². The second-order valence-corrected chi connectivity index (χ2v) is 7.53. The summed E-state index contributed by atoms with van der Waals surface area (Å²) >= 11 is 12.3. The predicted octanol–water partition coefficient (Wildman–Crippen LogP) is 5.83. The number of carbonyl (C=O) groups is 1. The highest BCUT2D eigenvalue weighted by atomic mass is 35.5. The normalized spacial score (nSPS) is 15.1. The number of likely N-dealkylation sites (tertiary alicyclic amines) is 1. The van der Waals surface area contributed by atoms with E-state index in [1.807, 2.05) is 18.2 Å². The zero-order chi connectivity index (χ0) is 18.8. The van der Waals surface area contributed by atoms with Gasteiger partial charge in [0.15, 0.2) is 0 Å². The molecule has 0 atom stereocenters. The highest BCUT2D eigenvalue weighted by molar-refractivity contribution is 6.39. The molecule has 3 aromatic carbocycles. The smallest absolute Gasteiger partial charge is 0.256 e. The van der Waals surface area contributed by atoms with Crippen molar-refractivity contribution in [3.05, 3.63) is 76.3 Å². The minimum atomic E-state index is -0.116. The van der Waals surface area contributed by atoms with Crippen LogP contribution in [0.5, 0.6) is 5.75 Å². The molecule has 0 spiro atoms. The number of nitrogens with zero attached hydrogens (tertiary/aromatic N) is 1. The van der Waals surface area contributed by atoms with Crippen molar-refractivity contribution in [2.24, 2.45) is 0 Å². The van der Waals surface area contributed by atoms with Gasteiger partial charge in [-0.25, -0.2) is 0 Å². The number of rotatable bonds is 3. The first kappa shape index (κ1) is 18.1. The fourth-order valence-electron chi connectivity index (χ4n) is 3.47. The number of benzene rings is 3. The van der Waals surface area contributed by atoms with Gasteiger partial charge in [0.25, 0.3) is 5.91 Å². The third kappa shape index (κ3) is 3.90. The molecule has 0 N–H and O–H groups in total. The van der Waals surface area contributed by atoms with Crippen molar-refractivity contribution in [2.45, 2.75) is 18.9 Å². The number of ether oxygens (including phenoxy) is 1. The van der Waals surface area contributed by atoms with E-state index < -0.39 is 0 Å². The molecule has 4 rings (SSSR count). The molecule has 0 radical (unpaired) electrons. The van der Waals surface area contributed by atoms with Gasteiger partial charge in [0.2, 0.25) is 0 Å². The quantitative estimate of drug-likeness (QED) is 0.554. The minimum absolute atomic E-state index is 0.0944. The number of piperidine rings is 1. The Morgan fingerprint density at radius 2 is 1.56 bits per heavy atom. The molecule has 27 heavy (non-hydrogen) atoms. The van der Waals surface area contributed by atoms with E-state index in [0.29, 0.717) is 28.7 Å². The lowest BCUT2D eigenvalue weighted by atomic mass is 10.1. The van der Waals surface area contributed by atoms with Crippen molar-refractivity contribution >= 4 is 39.9 Å². The van der Waals surface area contributed by atoms with Gasteiger partial charge in [-0.1, -0.05) is 59.6 Å². The summed E-state index contributed by atoms with van der Waals surface area (Å²) in [6, 6.07) is 19.5. The number of fused-ring (bicyclic) bond motifs is 1. The molecule has 1 heterocycles. The summed E-state index contributed by atoms with van der Waals surface area (Å²) in [5.41, 5.74) is 0.384. The van der Waals surface area contributed by atoms with Crippen LogP contribution in [0.1, 0.15) is 23.2 Å². The summed E-state index contributed by atoms with van der Waals surface area (Å²) in [4.78, 5) is 14.6. The molecule has 138 valence electrons. The molecule has 0 bridgehead atoms. The lowest BCUT2D eigenvalue weighted by Gasteiger charge is -2.32. The molecule has 5 heteroatoms. The number of carbonyl (C=O) groups excluding carboxylic acids is 1. The second kappa shape index (κ2) is 7.79. The van der Waals surface area contributed by atoms with Crippen molar-refractivity contribution in [3.63, 3.8) is 0 Å². The van der Waals surface area contributed by atoms with Gasteiger partial charge in [0.1, 0.15) is 11.9 Å². The Balaban J connectivity index is 1.40. The Labute approximate surface area is 168 Å². The van der Waals surface area contributed by atoms with Gasteiger partial charge in [-0.05, 0) is 35.0 Å². The summed E-state index contributed by atoms with van der Waals surface area (Å²) < 4.78 is 6.15. The zero-order valence-electron chi connectivity index (χ0n) is 14.7. The summed E-state index contributed by atoms with van der Waals surface area (Å²) in [5, 5.41) is 3.14. The molecule has 3 nitrogen and oxygen atoms in total. The summed E-state index contributed by atoms with van der Waals surface area (Å²) in [7, 11) is 0. The fraction of sp³-hybridized carbons (Fsp3) is 0.227. The third-order valence-corrected chi connectivity index (χ3v) is 5.56. The molecule has 0 saturated carbocycles. The Morgan fingerprint density at radius 1 is 0.889 bits per heavy atom. The van der Waals surface area contributed by atoms with Crippen LogP contribution in [0.25, 0.3) is 10.8 Å². The van der Waals surface area contributed by atoms with E-state index in [1.54, 1.807) is 23.1 Å². The monoisotopic (exact) mass is 399 g/mol. The van der Waals surface area contributed by atoms with Crippen LogP contribution in [0.3, 0.4) is 0 Å². The molecule has 1 aliphatic heterocycles. The Morgan fingerprint density at radius 3 is 2.26 bits per heavy atom. The lowest BCUT2D eigenvalue weighted by Crippen LogP contribution is -2.42. The van der Waals surface area contributed by atoms with E-state index >= 15 is 0 Å². The average Bonchev–Trinajstić information content (AvgIpc) is 2.68. The molecule has 0 aromatic heterocycles. The summed E-state index contributed by atoms with van der Waals surface area (Å²) in [5.74, 6) is 0.752. The highest BCUT2D eigenvalue weighted by Crippen LogP contribution is 2.28. The SMILES string of the molecule is O=C(c1c(Cl)cccc1Cl)N1CCC(Oc2ccc3ccccc3c2)CC1. The van der Waals surface area contributed by atoms with Crippen LogP contribution in [0.2, 0.25) is 10.0 Å². The topological polar surface area (TPSA) is 29.5 Å². The van der Waals surface area contributed by atoms with Gasteiger partial charge < -0.3 is 9.64 Å². The molecular formula is C22H19Cl2NO2. The molecule has 1 aliphatic rings. The highest BCUT2D eigenvalue weighted by Gasteiger charge is 2.27. The van der Waals surface area contributed by atoms with Crippen LogP contribution in [-0.4, -0.2) is 30.0 Å². The minimum Gasteiger partial charge on any atom is -0.490 e. The maximum Gasteiger partial charge on any atom is 0.256 e. The molecule has 3 aromatic rings. The van der Waals surface area contributed by atoms with E-state index in [-0.39, 0.29) is 12.0 Å².